The number of hydrogen-bond acceptors (Lipinski definition) is 5. The van der Waals surface area contributed by atoms with Gasteiger partial charge in [-0.15, -0.1) is 11.8 Å². The van der Waals surface area contributed by atoms with Gasteiger partial charge in [0.25, 0.3) is 5.91 Å². The van der Waals surface area contributed by atoms with E-state index >= 15 is 0 Å². The molecule has 1 saturated carbocycles. The number of nitrogens with one attached hydrogen (secondary N) is 1. The smallest absolute Gasteiger partial charge is 0.269 e. The monoisotopic (exact) mass is 348 g/mol. The van der Waals surface area contributed by atoms with E-state index < -0.39 is 0 Å². The fourth-order valence-corrected chi connectivity index (χ4v) is 5.09. The van der Waals surface area contributed by atoms with Crippen molar-refractivity contribution in [2.45, 2.75) is 47.7 Å². The first kappa shape index (κ1) is 15.3. The minimum atomic E-state index is -0.0161. The molecule has 0 radical (unpaired) electrons. The molecular formula is C16H20N4OS2. The summed E-state index contributed by atoms with van der Waals surface area (Å²) >= 11 is 3.16. The van der Waals surface area contributed by atoms with Crippen LogP contribution in [0, 0.1) is 0 Å². The summed E-state index contributed by atoms with van der Waals surface area (Å²) in [7, 11) is 0. The second-order valence-electron chi connectivity index (χ2n) is 6.28. The quantitative estimate of drug-likeness (QED) is 0.667. The molecule has 7 heteroatoms. The van der Waals surface area contributed by atoms with Crippen LogP contribution in [0.5, 0.6) is 0 Å². The summed E-state index contributed by atoms with van der Waals surface area (Å²) in [5.41, 5.74) is 1.70. The van der Waals surface area contributed by atoms with Gasteiger partial charge in [0.1, 0.15) is 11.3 Å². The molecule has 0 aromatic carbocycles. The van der Waals surface area contributed by atoms with Crippen LogP contribution in [0.2, 0.25) is 0 Å². The molecule has 1 spiro atoms. The van der Waals surface area contributed by atoms with Crippen molar-refractivity contribution in [3.05, 3.63) is 11.9 Å². The Morgan fingerprint density at radius 1 is 1.22 bits per heavy atom. The van der Waals surface area contributed by atoms with E-state index in [0.717, 1.165) is 46.2 Å². The predicted molar refractivity (Wildman–Crippen MR) is 94.5 cm³/mol. The van der Waals surface area contributed by atoms with Crippen molar-refractivity contribution in [2.24, 2.45) is 0 Å². The molecule has 1 amide bonds. The lowest BCUT2D eigenvalue weighted by molar-refractivity contribution is 0.0828. The van der Waals surface area contributed by atoms with Crippen molar-refractivity contribution in [3.8, 4) is 0 Å². The van der Waals surface area contributed by atoms with Gasteiger partial charge in [0, 0.05) is 17.6 Å². The van der Waals surface area contributed by atoms with Gasteiger partial charge in [-0.1, -0.05) is 31.0 Å². The molecular weight excluding hydrogens is 328 g/mol. The summed E-state index contributed by atoms with van der Waals surface area (Å²) in [6, 6.07) is 0. The van der Waals surface area contributed by atoms with Crippen LogP contribution in [0.25, 0.3) is 11.0 Å². The number of carbonyl (C=O) groups is 1. The number of fused-ring (bicyclic) bond motifs is 4. The fourth-order valence-electron chi connectivity index (χ4n) is 4.01. The first-order valence-corrected chi connectivity index (χ1v) is 10.4. The van der Waals surface area contributed by atoms with Crippen LogP contribution in [0.4, 0.5) is 0 Å². The number of carbonyl (C=O) groups excluding carboxylic acids is 1. The van der Waals surface area contributed by atoms with Crippen LogP contribution >= 0.6 is 23.5 Å². The van der Waals surface area contributed by atoms with Crippen LogP contribution < -0.4 is 5.32 Å². The zero-order chi connectivity index (χ0) is 16.0. The molecule has 2 aromatic rings. The van der Waals surface area contributed by atoms with Gasteiger partial charge in [-0.05, 0) is 25.4 Å². The average Bonchev–Trinajstić information content (AvgIpc) is 2.94. The Morgan fingerprint density at radius 3 is 2.70 bits per heavy atom. The van der Waals surface area contributed by atoms with E-state index in [0.29, 0.717) is 0 Å². The largest absolute Gasteiger partial charge is 0.348 e. The van der Waals surface area contributed by atoms with Crippen molar-refractivity contribution in [2.75, 3.05) is 19.1 Å². The number of aromatic nitrogens is 3. The molecule has 23 heavy (non-hydrogen) atoms. The lowest BCUT2D eigenvalue weighted by Gasteiger charge is -2.43. The highest BCUT2D eigenvalue weighted by atomic mass is 32.2. The third-order valence-electron chi connectivity index (χ3n) is 5.08. The van der Waals surface area contributed by atoms with Gasteiger partial charge in [0.2, 0.25) is 0 Å². The summed E-state index contributed by atoms with van der Waals surface area (Å²) in [5, 5.41) is 4.91. The van der Waals surface area contributed by atoms with Gasteiger partial charge in [-0.3, -0.25) is 4.79 Å². The predicted octanol–water partition coefficient (Wildman–Crippen LogP) is 3.28. The molecule has 122 valence electrons. The van der Waals surface area contributed by atoms with Gasteiger partial charge in [-0.2, -0.15) is 0 Å². The van der Waals surface area contributed by atoms with Gasteiger partial charge < -0.3 is 9.88 Å². The summed E-state index contributed by atoms with van der Waals surface area (Å²) in [5.74, 6) is 0.0225. The molecule has 4 rings (SSSR count). The molecule has 2 aromatic heterocycles. The Kier molecular flexibility index (Phi) is 3.80. The SMILES string of the molecule is CSc1ncc2c(SC)c3n(c2n1)C1(CCCCC1)CNC3=O. The molecule has 0 atom stereocenters. The van der Waals surface area contributed by atoms with Crippen molar-refractivity contribution < 1.29 is 4.79 Å². The molecule has 1 fully saturated rings. The molecule has 1 aliphatic carbocycles. The van der Waals surface area contributed by atoms with E-state index in [1.165, 1.54) is 19.3 Å². The first-order chi connectivity index (χ1) is 11.2. The number of thioether (sulfide) groups is 2. The van der Waals surface area contributed by atoms with Crippen LogP contribution in [0.1, 0.15) is 42.6 Å². The lowest BCUT2D eigenvalue weighted by Crippen LogP contribution is -2.52. The number of hydrogen-bond donors (Lipinski definition) is 1. The lowest BCUT2D eigenvalue weighted by atomic mass is 9.80. The summed E-state index contributed by atoms with van der Waals surface area (Å²) in [6.07, 6.45) is 11.8. The molecule has 5 nitrogen and oxygen atoms in total. The van der Waals surface area contributed by atoms with Gasteiger partial charge in [0.15, 0.2) is 5.16 Å². The maximum atomic E-state index is 12.6. The third-order valence-corrected chi connectivity index (χ3v) is 6.46. The Balaban J connectivity index is 2.06. The van der Waals surface area contributed by atoms with Crippen molar-refractivity contribution in [1.82, 2.24) is 19.9 Å². The molecule has 2 aliphatic rings. The van der Waals surface area contributed by atoms with Gasteiger partial charge >= 0.3 is 0 Å². The molecule has 1 aliphatic heterocycles. The second-order valence-corrected chi connectivity index (χ2v) is 7.87. The fraction of sp³-hybridized carbons (Fsp3) is 0.562. The van der Waals surface area contributed by atoms with Crippen LogP contribution in [0.3, 0.4) is 0 Å². The van der Waals surface area contributed by atoms with E-state index in [2.05, 4.69) is 14.9 Å². The Hall–Kier alpha value is -1.21. The normalized spacial score (nSPS) is 19.8. The number of amides is 1. The standard InChI is InChI=1S/C16H20N4OS2/c1-22-12-10-8-17-15(23-2)19-13(10)20-11(12)14(21)18-9-16(20)6-4-3-5-7-16/h8H,3-7,9H2,1-2H3,(H,18,21). The minimum absolute atomic E-state index is 0.0161. The zero-order valence-corrected chi connectivity index (χ0v) is 15.0. The summed E-state index contributed by atoms with van der Waals surface area (Å²) in [6.45, 7) is 0.717. The highest BCUT2D eigenvalue weighted by Gasteiger charge is 2.43. The maximum Gasteiger partial charge on any atom is 0.269 e. The zero-order valence-electron chi connectivity index (χ0n) is 13.4. The number of nitrogens with zero attached hydrogens (tertiary/aromatic N) is 3. The second kappa shape index (κ2) is 5.70. The highest BCUT2D eigenvalue weighted by Crippen LogP contribution is 2.44. The molecule has 3 heterocycles. The van der Waals surface area contributed by atoms with Crippen LogP contribution in [-0.4, -0.2) is 39.5 Å². The Bertz CT molecular complexity index is 780. The van der Waals surface area contributed by atoms with Crippen LogP contribution in [-0.2, 0) is 5.54 Å². The van der Waals surface area contributed by atoms with Crippen molar-refractivity contribution >= 4 is 40.5 Å². The van der Waals surface area contributed by atoms with E-state index in [1.54, 1.807) is 23.5 Å². The van der Waals surface area contributed by atoms with Gasteiger partial charge in [0.05, 0.1) is 10.9 Å². The minimum Gasteiger partial charge on any atom is -0.348 e. The molecule has 0 bridgehead atoms. The molecule has 1 N–H and O–H groups in total. The topological polar surface area (TPSA) is 59.8 Å². The average molecular weight is 348 g/mol. The maximum absolute atomic E-state index is 12.6. The van der Waals surface area contributed by atoms with Gasteiger partial charge in [-0.25, -0.2) is 9.97 Å². The van der Waals surface area contributed by atoms with E-state index in [4.69, 9.17) is 4.98 Å². The molecule has 0 unspecified atom stereocenters. The Morgan fingerprint density at radius 2 is 2.00 bits per heavy atom. The van der Waals surface area contributed by atoms with Crippen molar-refractivity contribution in [3.63, 3.8) is 0 Å². The third kappa shape index (κ3) is 2.20. The number of rotatable bonds is 2. The van der Waals surface area contributed by atoms with E-state index in [-0.39, 0.29) is 11.4 Å². The highest BCUT2D eigenvalue weighted by molar-refractivity contribution is 7.99. The van der Waals surface area contributed by atoms with E-state index in [9.17, 15) is 4.79 Å². The van der Waals surface area contributed by atoms with Crippen LogP contribution in [0.15, 0.2) is 16.2 Å². The summed E-state index contributed by atoms with van der Waals surface area (Å²) < 4.78 is 2.26. The van der Waals surface area contributed by atoms with E-state index in [1.807, 2.05) is 18.7 Å². The Labute approximate surface area is 144 Å². The first-order valence-electron chi connectivity index (χ1n) is 7.98. The van der Waals surface area contributed by atoms with Crippen molar-refractivity contribution in [1.29, 1.82) is 0 Å². The molecule has 0 saturated heterocycles. The summed E-state index contributed by atoms with van der Waals surface area (Å²) in [4.78, 5) is 22.8.